The van der Waals surface area contributed by atoms with Crippen molar-refractivity contribution >= 4 is 17.8 Å². The minimum absolute atomic E-state index is 0.0118. The van der Waals surface area contributed by atoms with Gasteiger partial charge in [-0.3, -0.25) is 14.4 Å². The van der Waals surface area contributed by atoms with Crippen LogP contribution in [0.2, 0.25) is 0 Å². The summed E-state index contributed by atoms with van der Waals surface area (Å²) in [6, 6.07) is 0. The smallest absolute Gasteiger partial charge is 0.306 e. The third-order valence-electron chi connectivity index (χ3n) is 4.40. The summed E-state index contributed by atoms with van der Waals surface area (Å²) in [5.41, 5.74) is -0.820. The summed E-state index contributed by atoms with van der Waals surface area (Å²) in [5.74, 6) is -0.240. The van der Waals surface area contributed by atoms with Crippen molar-refractivity contribution in [1.29, 1.82) is 0 Å². The molecule has 180 valence electrons. The topological polar surface area (TPSA) is 90.9 Å². The van der Waals surface area contributed by atoms with E-state index in [2.05, 4.69) is 11.4 Å². The van der Waals surface area contributed by atoms with Gasteiger partial charge in [0.1, 0.15) is 12.2 Å². The predicted octanol–water partition coefficient (Wildman–Crippen LogP) is 4.19. The fourth-order valence-electron chi connectivity index (χ4n) is 2.78. The maximum absolute atomic E-state index is 12.2. The summed E-state index contributed by atoms with van der Waals surface area (Å²) in [7, 11) is 1.55. The van der Waals surface area contributed by atoms with Crippen molar-refractivity contribution in [3.05, 3.63) is 12.2 Å². The van der Waals surface area contributed by atoms with Gasteiger partial charge in [-0.1, -0.05) is 32.9 Å². The van der Waals surface area contributed by atoms with Gasteiger partial charge in [-0.25, -0.2) is 0 Å². The van der Waals surface area contributed by atoms with E-state index < -0.39 is 5.60 Å². The Bertz CT molecular complexity index is 577. The van der Waals surface area contributed by atoms with Crippen molar-refractivity contribution in [2.24, 2.45) is 11.3 Å². The summed E-state index contributed by atoms with van der Waals surface area (Å²) in [4.78, 5) is 35.7. The molecule has 1 amide bonds. The molecule has 0 fully saturated rings. The maximum Gasteiger partial charge on any atom is 0.306 e. The number of amides is 1. The van der Waals surface area contributed by atoms with Crippen LogP contribution < -0.4 is 5.32 Å². The van der Waals surface area contributed by atoms with Crippen LogP contribution in [0.5, 0.6) is 0 Å². The molecule has 1 unspecified atom stereocenters. The molecule has 31 heavy (non-hydrogen) atoms. The molecule has 0 spiro atoms. The highest BCUT2D eigenvalue weighted by Crippen LogP contribution is 2.20. The Hall–Kier alpha value is -1.89. The van der Waals surface area contributed by atoms with Gasteiger partial charge in [0.15, 0.2) is 0 Å². The minimum Gasteiger partial charge on any atom is -0.463 e. The molecule has 0 aliphatic rings. The molecule has 0 aliphatic carbocycles. The third-order valence-corrected chi connectivity index (χ3v) is 4.40. The highest BCUT2D eigenvalue weighted by Gasteiger charge is 2.24. The number of ether oxygens (including phenoxy) is 3. The fraction of sp³-hybridized carbons (Fsp3) is 0.792. The standard InChI is InChI=1S/C24H43NO6/c1-19(12-10-8-9-11-13-21(27)31-23(2,3)4)16-20(26)25-18-24(5,6)17-22(28)30-15-14-29-7/h8-9,19H,10-18H2,1-7H3,(H,25,26). The molecule has 0 aromatic heterocycles. The lowest BCUT2D eigenvalue weighted by Gasteiger charge is -2.24. The van der Waals surface area contributed by atoms with Gasteiger partial charge in [-0.05, 0) is 51.4 Å². The Morgan fingerprint density at radius 1 is 0.968 bits per heavy atom. The van der Waals surface area contributed by atoms with Gasteiger partial charge in [0.25, 0.3) is 0 Å². The number of nitrogens with one attached hydrogen (secondary N) is 1. The zero-order valence-corrected chi connectivity index (χ0v) is 20.5. The Labute approximate surface area is 188 Å². The summed E-state index contributed by atoms with van der Waals surface area (Å²) >= 11 is 0. The van der Waals surface area contributed by atoms with Gasteiger partial charge in [-0.2, -0.15) is 0 Å². The van der Waals surface area contributed by atoms with Gasteiger partial charge in [0.05, 0.1) is 13.0 Å². The van der Waals surface area contributed by atoms with Crippen LogP contribution in [0.1, 0.15) is 80.1 Å². The lowest BCUT2D eigenvalue weighted by molar-refractivity contribution is -0.154. The number of esters is 2. The molecular weight excluding hydrogens is 398 g/mol. The molecule has 0 aliphatic heterocycles. The van der Waals surface area contributed by atoms with Gasteiger partial charge >= 0.3 is 11.9 Å². The first-order valence-electron chi connectivity index (χ1n) is 11.1. The van der Waals surface area contributed by atoms with E-state index in [-0.39, 0.29) is 42.2 Å². The van der Waals surface area contributed by atoms with Crippen LogP contribution in [0.15, 0.2) is 12.2 Å². The van der Waals surface area contributed by atoms with Crippen molar-refractivity contribution in [3.63, 3.8) is 0 Å². The zero-order valence-electron chi connectivity index (χ0n) is 20.5. The quantitative estimate of drug-likeness (QED) is 0.233. The van der Waals surface area contributed by atoms with Crippen molar-refractivity contribution in [3.8, 4) is 0 Å². The highest BCUT2D eigenvalue weighted by atomic mass is 16.6. The molecule has 0 heterocycles. The molecule has 0 radical (unpaired) electrons. The molecule has 1 atom stereocenters. The number of carbonyl (C=O) groups is 3. The fourth-order valence-corrected chi connectivity index (χ4v) is 2.78. The average Bonchev–Trinajstić information content (AvgIpc) is 2.61. The van der Waals surface area contributed by atoms with Crippen LogP contribution in [0, 0.1) is 11.3 Å². The lowest BCUT2D eigenvalue weighted by Crippen LogP contribution is -2.36. The lowest BCUT2D eigenvalue weighted by atomic mass is 9.89. The number of carbonyl (C=O) groups excluding carboxylic acids is 3. The second kappa shape index (κ2) is 15.0. The molecular formula is C24H43NO6. The number of allylic oxidation sites excluding steroid dienone is 2. The molecule has 7 heteroatoms. The van der Waals surface area contributed by atoms with E-state index in [4.69, 9.17) is 14.2 Å². The highest BCUT2D eigenvalue weighted by molar-refractivity contribution is 5.76. The summed E-state index contributed by atoms with van der Waals surface area (Å²) in [5, 5.41) is 2.93. The summed E-state index contributed by atoms with van der Waals surface area (Å²) < 4.78 is 15.2. The van der Waals surface area contributed by atoms with Crippen molar-refractivity contribution < 1.29 is 28.6 Å². The zero-order chi connectivity index (χ0) is 23.9. The number of hydrogen-bond acceptors (Lipinski definition) is 6. The first-order valence-corrected chi connectivity index (χ1v) is 11.1. The van der Waals surface area contributed by atoms with Crippen LogP contribution >= 0.6 is 0 Å². The van der Waals surface area contributed by atoms with E-state index in [1.807, 2.05) is 47.6 Å². The van der Waals surface area contributed by atoms with Crippen molar-refractivity contribution in [2.45, 2.75) is 85.7 Å². The number of rotatable bonds is 15. The Morgan fingerprint density at radius 2 is 1.61 bits per heavy atom. The van der Waals surface area contributed by atoms with Gasteiger partial charge in [0.2, 0.25) is 5.91 Å². The summed E-state index contributed by atoms with van der Waals surface area (Å²) in [6.45, 7) is 12.5. The van der Waals surface area contributed by atoms with Crippen LogP contribution in [0.3, 0.4) is 0 Å². The van der Waals surface area contributed by atoms with Crippen LogP contribution in [0.4, 0.5) is 0 Å². The molecule has 1 N–H and O–H groups in total. The Kier molecular flexibility index (Phi) is 14.1. The van der Waals surface area contributed by atoms with Crippen molar-refractivity contribution in [2.75, 3.05) is 26.9 Å². The van der Waals surface area contributed by atoms with E-state index in [0.717, 1.165) is 12.8 Å². The van der Waals surface area contributed by atoms with Gasteiger partial charge < -0.3 is 19.5 Å². The normalized spacial score (nSPS) is 13.1. The largest absolute Gasteiger partial charge is 0.463 e. The second-order valence-corrected chi connectivity index (χ2v) is 9.81. The van der Waals surface area contributed by atoms with E-state index in [9.17, 15) is 14.4 Å². The number of hydrogen-bond donors (Lipinski definition) is 1. The summed E-state index contributed by atoms with van der Waals surface area (Å²) in [6.07, 6.45) is 7.52. The average molecular weight is 442 g/mol. The molecule has 7 nitrogen and oxygen atoms in total. The molecule has 0 aromatic carbocycles. The second-order valence-electron chi connectivity index (χ2n) is 9.81. The number of methoxy groups -OCH3 is 1. The maximum atomic E-state index is 12.2. The van der Waals surface area contributed by atoms with Crippen LogP contribution in [0.25, 0.3) is 0 Å². The SMILES string of the molecule is COCCOC(=O)CC(C)(C)CNC(=O)CC(C)CCC=CCCC(=O)OC(C)(C)C. The Morgan fingerprint density at radius 3 is 2.23 bits per heavy atom. The minimum atomic E-state index is -0.445. The first kappa shape index (κ1) is 29.1. The monoisotopic (exact) mass is 441 g/mol. The van der Waals surface area contributed by atoms with Crippen molar-refractivity contribution in [1.82, 2.24) is 5.32 Å². The Balaban J connectivity index is 4.00. The first-order chi connectivity index (χ1) is 14.3. The molecule has 0 aromatic rings. The van der Waals surface area contributed by atoms with Crippen LogP contribution in [-0.4, -0.2) is 50.3 Å². The molecule has 0 rings (SSSR count). The van der Waals surface area contributed by atoms with Crippen LogP contribution in [-0.2, 0) is 28.6 Å². The molecule has 0 saturated carbocycles. The van der Waals surface area contributed by atoms with E-state index in [1.165, 1.54) is 0 Å². The predicted molar refractivity (Wildman–Crippen MR) is 121 cm³/mol. The van der Waals surface area contributed by atoms with Gasteiger partial charge in [-0.15, -0.1) is 0 Å². The van der Waals surface area contributed by atoms with E-state index >= 15 is 0 Å². The van der Waals surface area contributed by atoms with E-state index in [1.54, 1.807) is 7.11 Å². The molecule has 0 saturated heterocycles. The van der Waals surface area contributed by atoms with Gasteiger partial charge in [0, 0.05) is 26.5 Å². The third kappa shape index (κ3) is 18.6. The molecule has 0 bridgehead atoms. The van der Waals surface area contributed by atoms with E-state index in [0.29, 0.717) is 32.4 Å².